The number of carbonyl (C=O) groups is 4. The summed E-state index contributed by atoms with van der Waals surface area (Å²) in [5.74, 6) is -1.84. The number of imide groups is 1. The standard InChI is InChI=1S/C28H28N2O5/c1-16-7-8-21(13-18(16)3)29-15-19(14-24(29)31)28(34)35-22-11-9-20(10-12-22)30-26(32)23-6-4-5-17(2)25(23)27(30)33/h4-5,7-13,17,19,23,25H,6,14-15H2,1-3H3/t17-,19+,23+,25+/m0/s1. The number of hydrogen-bond donors (Lipinski definition) is 0. The van der Waals surface area contributed by atoms with Crippen molar-refractivity contribution in [3.8, 4) is 5.75 Å². The van der Waals surface area contributed by atoms with E-state index in [-0.39, 0.29) is 48.4 Å². The summed E-state index contributed by atoms with van der Waals surface area (Å²) in [6, 6.07) is 12.2. The van der Waals surface area contributed by atoms with Gasteiger partial charge in [-0.2, -0.15) is 0 Å². The van der Waals surface area contributed by atoms with Gasteiger partial charge in [-0.15, -0.1) is 0 Å². The number of nitrogens with zero attached hydrogens (tertiary/aromatic N) is 2. The van der Waals surface area contributed by atoms with Gasteiger partial charge in [0.2, 0.25) is 17.7 Å². The summed E-state index contributed by atoms with van der Waals surface area (Å²) in [5, 5.41) is 0. The third-order valence-corrected chi connectivity index (χ3v) is 7.45. The fraction of sp³-hybridized carbons (Fsp3) is 0.357. The van der Waals surface area contributed by atoms with E-state index >= 15 is 0 Å². The van der Waals surface area contributed by atoms with Crippen LogP contribution in [0.5, 0.6) is 5.75 Å². The molecule has 2 aliphatic heterocycles. The smallest absolute Gasteiger partial charge is 0.316 e. The molecule has 4 atom stereocenters. The third kappa shape index (κ3) is 4.05. The van der Waals surface area contributed by atoms with Gasteiger partial charge in [-0.3, -0.25) is 24.1 Å². The molecule has 3 aliphatic rings. The van der Waals surface area contributed by atoms with Gasteiger partial charge in [-0.1, -0.05) is 25.1 Å². The summed E-state index contributed by atoms with van der Waals surface area (Å²) in [7, 11) is 0. The lowest BCUT2D eigenvalue weighted by Gasteiger charge is -2.22. The van der Waals surface area contributed by atoms with Crippen LogP contribution in [0, 0.1) is 37.5 Å². The summed E-state index contributed by atoms with van der Waals surface area (Å²) in [6.07, 6.45) is 4.63. The number of fused-ring (bicyclic) bond motifs is 1. The summed E-state index contributed by atoms with van der Waals surface area (Å²) >= 11 is 0. The molecule has 0 saturated carbocycles. The third-order valence-electron chi connectivity index (χ3n) is 7.45. The van der Waals surface area contributed by atoms with Gasteiger partial charge in [0.25, 0.3) is 0 Å². The van der Waals surface area contributed by atoms with Gasteiger partial charge in [-0.25, -0.2) is 0 Å². The Balaban J connectivity index is 1.25. The number of aryl methyl sites for hydroxylation is 2. The van der Waals surface area contributed by atoms with Crippen LogP contribution in [0.2, 0.25) is 0 Å². The van der Waals surface area contributed by atoms with E-state index in [1.54, 1.807) is 29.2 Å². The number of carbonyl (C=O) groups excluding carboxylic acids is 4. The topological polar surface area (TPSA) is 84.0 Å². The van der Waals surface area contributed by atoms with E-state index in [0.29, 0.717) is 17.9 Å². The lowest BCUT2D eigenvalue weighted by atomic mass is 9.78. The number of hydrogen-bond acceptors (Lipinski definition) is 5. The van der Waals surface area contributed by atoms with E-state index in [1.165, 1.54) is 4.90 Å². The van der Waals surface area contributed by atoms with Crippen LogP contribution >= 0.6 is 0 Å². The van der Waals surface area contributed by atoms with Crippen molar-refractivity contribution in [2.45, 2.75) is 33.6 Å². The highest BCUT2D eigenvalue weighted by Crippen LogP contribution is 2.40. The van der Waals surface area contributed by atoms with Crippen molar-refractivity contribution in [3.63, 3.8) is 0 Å². The van der Waals surface area contributed by atoms with Gasteiger partial charge in [-0.05, 0) is 73.7 Å². The summed E-state index contributed by atoms with van der Waals surface area (Å²) < 4.78 is 5.54. The molecule has 0 aromatic heterocycles. The molecule has 2 aromatic carbocycles. The predicted molar refractivity (Wildman–Crippen MR) is 131 cm³/mol. The number of amides is 3. The maximum absolute atomic E-state index is 13.0. The Morgan fingerprint density at radius 2 is 1.66 bits per heavy atom. The molecule has 0 bridgehead atoms. The van der Waals surface area contributed by atoms with Crippen molar-refractivity contribution >= 4 is 35.1 Å². The molecule has 0 unspecified atom stereocenters. The monoisotopic (exact) mass is 472 g/mol. The lowest BCUT2D eigenvalue weighted by molar-refractivity contribution is -0.139. The molecule has 7 heteroatoms. The second kappa shape index (κ2) is 8.80. The number of ether oxygens (including phenoxy) is 1. The minimum absolute atomic E-state index is 0.0212. The lowest BCUT2D eigenvalue weighted by Crippen LogP contribution is -2.31. The minimum atomic E-state index is -0.567. The zero-order valence-corrected chi connectivity index (χ0v) is 20.1. The van der Waals surface area contributed by atoms with Gasteiger partial charge >= 0.3 is 5.97 Å². The number of allylic oxidation sites excluding steroid dienone is 2. The average molecular weight is 473 g/mol. The van der Waals surface area contributed by atoms with Gasteiger partial charge in [0.05, 0.1) is 23.4 Å². The molecular weight excluding hydrogens is 444 g/mol. The van der Waals surface area contributed by atoms with Gasteiger partial charge in [0, 0.05) is 18.7 Å². The predicted octanol–water partition coefficient (Wildman–Crippen LogP) is 3.96. The van der Waals surface area contributed by atoms with Crippen molar-refractivity contribution in [3.05, 3.63) is 65.7 Å². The van der Waals surface area contributed by atoms with Gasteiger partial charge in [0.15, 0.2) is 0 Å². The maximum atomic E-state index is 13.0. The maximum Gasteiger partial charge on any atom is 0.316 e. The molecule has 7 nitrogen and oxygen atoms in total. The molecule has 0 radical (unpaired) electrons. The second-order valence-electron chi connectivity index (χ2n) is 9.76. The molecule has 180 valence electrons. The van der Waals surface area contributed by atoms with E-state index < -0.39 is 11.9 Å². The molecule has 3 amide bonds. The van der Waals surface area contributed by atoms with Crippen molar-refractivity contribution in [2.75, 3.05) is 16.3 Å². The fourth-order valence-electron chi connectivity index (χ4n) is 5.27. The van der Waals surface area contributed by atoms with Crippen LogP contribution in [-0.4, -0.2) is 30.2 Å². The molecule has 0 N–H and O–H groups in total. The first-order chi connectivity index (χ1) is 16.7. The number of anilines is 2. The quantitative estimate of drug-likeness (QED) is 0.291. The zero-order chi connectivity index (χ0) is 24.9. The Kier molecular flexibility index (Phi) is 5.79. The van der Waals surface area contributed by atoms with Crippen LogP contribution in [-0.2, 0) is 19.2 Å². The Morgan fingerprint density at radius 1 is 0.943 bits per heavy atom. The van der Waals surface area contributed by atoms with Crippen LogP contribution < -0.4 is 14.5 Å². The molecule has 2 saturated heterocycles. The number of rotatable bonds is 4. The van der Waals surface area contributed by atoms with Gasteiger partial charge < -0.3 is 9.64 Å². The first-order valence-electron chi connectivity index (χ1n) is 12.0. The van der Waals surface area contributed by atoms with Crippen LogP contribution in [0.1, 0.15) is 30.9 Å². The van der Waals surface area contributed by atoms with E-state index in [1.807, 2.05) is 51.1 Å². The molecule has 0 spiro atoms. The molecule has 2 aromatic rings. The van der Waals surface area contributed by atoms with E-state index in [2.05, 4.69) is 0 Å². The van der Waals surface area contributed by atoms with Crippen LogP contribution in [0.3, 0.4) is 0 Å². The van der Waals surface area contributed by atoms with Crippen molar-refractivity contribution in [2.24, 2.45) is 23.7 Å². The van der Waals surface area contributed by atoms with Gasteiger partial charge in [0.1, 0.15) is 5.75 Å². The zero-order valence-electron chi connectivity index (χ0n) is 20.1. The summed E-state index contributed by atoms with van der Waals surface area (Å²) in [5.41, 5.74) is 3.48. The highest BCUT2D eigenvalue weighted by molar-refractivity contribution is 6.22. The average Bonchev–Trinajstić information content (AvgIpc) is 3.34. The van der Waals surface area contributed by atoms with Crippen LogP contribution in [0.15, 0.2) is 54.6 Å². The van der Waals surface area contributed by atoms with E-state index in [4.69, 9.17) is 4.74 Å². The van der Waals surface area contributed by atoms with Crippen molar-refractivity contribution in [1.29, 1.82) is 0 Å². The number of esters is 1. The number of benzene rings is 2. The Labute approximate surface area is 204 Å². The molecule has 35 heavy (non-hydrogen) atoms. The first-order valence-corrected chi connectivity index (χ1v) is 12.0. The Morgan fingerprint density at radius 3 is 2.34 bits per heavy atom. The SMILES string of the molecule is Cc1ccc(N2C[C@H](C(=O)Oc3ccc(N4C(=O)[C@@H]5[C@@H](C)C=CC[C@H]5C4=O)cc3)CC2=O)cc1C. The highest BCUT2D eigenvalue weighted by atomic mass is 16.5. The van der Waals surface area contributed by atoms with E-state index in [0.717, 1.165) is 16.8 Å². The van der Waals surface area contributed by atoms with Crippen LogP contribution in [0.25, 0.3) is 0 Å². The second-order valence-corrected chi connectivity index (χ2v) is 9.76. The summed E-state index contributed by atoms with van der Waals surface area (Å²) in [6.45, 7) is 6.23. The highest BCUT2D eigenvalue weighted by Gasteiger charge is 2.50. The minimum Gasteiger partial charge on any atom is -0.426 e. The Bertz CT molecular complexity index is 1250. The largest absolute Gasteiger partial charge is 0.426 e. The fourth-order valence-corrected chi connectivity index (χ4v) is 5.27. The Hall–Kier alpha value is -3.74. The first kappa shape index (κ1) is 23.0. The normalized spacial score (nSPS) is 25.9. The molecule has 1 aliphatic carbocycles. The van der Waals surface area contributed by atoms with Crippen molar-refractivity contribution < 1.29 is 23.9 Å². The summed E-state index contributed by atoms with van der Waals surface area (Å²) in [4.78, 5) is 54.1. The molecule has 2 fully saturated rings. The van der Waals surface area contributed by atoms with Crippen LogP contribution in [0.4, 0.5) is 11.4 Å². The van der Waals surface area contributed by atoms with Crippen molar-refractivity contribution in [1.82, 2.24) is 0 Å². The molecular formula is C28H28N2O5. The molecule has 2 heterocycles. The molecule has 5 rings (SSSR count). The van der Waals surface area contributed by atoms with E-state index in [9.17, 15) is 19.2 Å².